The van der Waals surface area contributed by atoms with Crippen LogP contribution in [0.5, 0.6) is 11.5 Å². The molecule has 2 atom stereocenters. The molecule has 240 valence electrons. The van der Waals surface area contributed by atoms with E-state index in [1.807, 2.05) is 18.3 Å². The molecule has 4 heterocycles. The van der Waals surface area contributed by atoms with Crippen LogP contribution in [0, 0.1) is 0 Å². The molecule has 0 saturated heterocycles. The van der Waals surface area contributed by atoms with Gasteiger partial charge in [0, 0.05) is 45.8 Å². The van der Waals surface area contributed by atoms with Gasteiger partial charge in [0.1, 0.15) is 23.0 Å². The van der Waals surface area contributed by atoms with Crippen molar-refractivity contribution in [2.24, 2.45) is 0 Å². The molecule has 5 heteroatoms. The van der Waals surface area contributed by atoms with Crippen molar-refractivity contribution in [3.05, 3.63) is 150 Å². The first kappa shape index (κ1) is 29.5. The van der Waals surface area contributed by atoms with Gasteiger partial charge in [-0.15, -0.1) is 0 Å². The fourth-order valence-corrected chi connectivity index (χ4v) is 7.98. The van der Waals surface area contributed by atoms with Crippen LogP contribution in [0.15, 0.2) is 134 Å². The predicted molar refractivity (Wildman–Crippen MR) is 202 cm³/mol. The Labute approximate surface area is 286 Å². The maximum atomic E-state index is 6.65. The number of para-hydroxylation sites is 1. The van der Waals surface area contributed by atoms with Crippen molar-refractivity contribution >= 4 is 38.8 Å². The van der Waals surface area contributed by atoms with Gasteiger partial charge in [-0.25, -0.2) is 9.97 Å². The Kier molecular flexibility index (Phi) is 6.90. The predicted octanol–water partition coefficient (Wildman–Crippen LogP) is 11.5. The SMILES string of the molecule is CC(C)c1cccc(C(C)C)c1-c1cnc2c3cc(Oc4cccc(N5c6ncccc6C6C=CC=CC65)c4)ccc3c3ccccc3n12. The van der Waals surface area contributed by atoms with E-state index in [9.17, 15) is 0 Å². The number of fused-ring (bicyclic) bond motifs is 9. The molecule has 0 radical (unpaired) electrons. The van der Waals surface area contributed by atoms with Gasteiger partial charge >= 0.3 is 0 Å². The summed E-state index contributed by atoms with van der Waals surface area (Å²) < 4.78 is 9.00. The molecule has 2 unspecified atom stereocenters. The zero-order chi connectivity index (χ0) is 33.2. The van der Waals surface area contributed by atoms with E-state index >= 15 is 0 Å². The maximum absolute atomic E-state index is 6.65. The lowest BCUT2D eigenvalue weighted by molar-refractivity contribution is 0.483. The Balaban J connectivity index is 1.17. The molecule has 0 fully saturated rings. The molecule has 0 amide bonds. The smallest absolute Gasteiger partial charge is 0.145 e. The largest absolute Gasteiger partial charge is 0.457 e. The Morgan fingerprint density at radius 3 is 2.29 bits per heavy atom. The highest BCUT2D eigenvalue weighted by atomic mass is 16.5. The topological polar surface area (TPSA) is 42.7 Å². The molecule has 2 aliphatic rings. The lowest BCUT2D eigenvalue weighted by atomic mass is 9.87. The Morgan fingerprint density at radius 1 is 0.673 bits per heavy atom. The summed E-state index contributed by atoms with van der Waals surface area (Å²) in [5.41, 5.74) is 9.49. The van der Waals surface area contributed by atoms with E-state index in [4.69, 9.17) is 14.7 Å². The minimum Gasteiger partial charge on any atom is -0.457 e. The van der Waals surface area contributed by atoms with E-state index < -0.39 is 0 Å². The van der Waals surface area contributed by atoms with Crippen molar-refractivity contribution in [1.82, 2.24) is 14.4 Å². The number of aromatic nitrogens is 3. The number of ether oxygens (including phenoxy) is 1. The molecule has 9 rings (SSSR count). The number of imidazole rings is 1. The lowest BCUT2D eigenvalue weighted by Gasteiger charge is -2.28. The summed E-state index contributed by atoms with van der Waals surface area (Å²) in [6.07, 6.45) is 12.7. The van der Waals surface area contributed by atoms with E-state index in [0.717, 1.165) is 50.6 Å². The number of hydrogen-bond acceptors (Lipinski definition) is 4. The number of anilines is 2. The summed E-state index contributed by atoms with van der Waals surface area (Å²) in [6, 6.07) is 34.6. The van der Waals surface area contributed by atoms with Gasteiger partial charge in [-0.1, -0.05) is 101 Å². The first-order valence-corrected chi connectivity index (χ1v) is 17.3. The highest BCUT2D eigenvalue weighted by molar-refractivity contribution is 6.12. The van der Waals surface area contributed by atoms with E-state index in [1.54, 1.807) is 0 Å². The van der Waals surface area contributed by atoms with E-state index in [1.165, 1.54) is 27.6 Å². The molecule has 5 nitrogen and oxygen atoms in total. The van der Waals surface area contributed by atoms with Crippen LogP contribution >= 0.6 is 0 Å². The molecule has 0 spiro atoms. The third-order valence-corrected chi connectivity index (χ3v) is 10.2. The van der Waals surface area contributed by atoms with Gasteiger partial charge < -0.3 is 9.64 Å². The number of hydrogen-bond donors (Lipinski definition) is 0. The normalized spacial score (nSPS) is 16.7. The first-order chi connectivity index (χ1) is 24.0. The summed E-state index contributed by atoms with van der Waals surface area (Å²) in [6.45, 7) is 9.11. The van der Waals surface area contributed by atoms with Crippen LogP contribution in [0.2, 0.25) is 0 Å². The number of benzene rings is 4. The van der Waals surface area contributed by atoms with Gasteiger partial charge in [0.05, 0.1) is 23.4 Å². The summed E-state index contributed by atoms with van der Waals surface area (Å²) >= 11 is 0. The van der Waals surface area contributed by atoms with Crippen molar-refractivity contribution in [3.8, 4) is 22.8 Å². The zero-order valence-corrected chi connectivity index (χ0v) is 28.2. The number of nitrogens with zero attached hydrogens (tertiary/aromatic N) is 4. The maximum Gasteiger partial charge on any atom is 0.145 e. The summed E-state index contributed by atoms with van der Waals surface area (Å²) in [5.74, 6) is 3.59. The van der Waals surface area contributed by atoms with Crippen LogP contribution < -0.4 is 9.64 Å². The van der Waals surface area contributed by atoms with Gasteiger partial charge in [-0.3, -0.25) is 4.40 Å². The molecule has 1 aliphatic carbocycles. The molecule has 49 heavy (non-hydrogen) atoms. The second kappa shape index (κ2) is 11.5. The Hall–Kier alpha value is -5.68. The van der Waals surface area contributed by atoms with Gasteiger partial charge in [-0.05, 0) is 70.8 Å². The van der Waals surface area contributed by atoms with E-state index in [2.05, 4.69) is 152 Å². The second-order valence-corrected chi connectivity index (χ2v) is 13.8. The number of allylic oxidation sites excluding steroid dienone is 2. The molecular formula is C44H38N4O. The van der Waals surface area contributed by atoms with Gasteiger partial charge in [-0.2, -0.15) is 0 Å². The fraction of sp³-hybridized carbons (Fsp3) is 0.182. The monoisotopic (exact) mass is 638 g/mol. The summed E-state index contributed by atoms with van der Waals surface area (Å²) in [5, 5.41) is 3.41. The van der Waals surface area contributed by atoms with Gasteiger partial charge in [0.15, 0.2) is 0 Å². The summed E-state index contributed by atoms with van der Waals surface area (Å²) in [7, 11) is 0. The fourth-order valence-electron chi connectivity index (χ4n) is 7.98. The molecule has 0 N–H and O–H groups in total. The highest BCUT2D eigenvalue weighted by Gasteiger charge is 2.38. The van der Waals surface area contributed by atoms with Crippen molar-refractivity contribution in [3.63, 3.8) is 0 Å². The number of rotatable bonds is 6. The molecule has 4 aromatic carbocycles. The van der Waals surface area contributed by atoms with Gasteiger partial charge in [0.2, 0.25) is 0 Å². The van der Waals surface area contributed by atoms with Crippen LogP contribution in [-0.4, -0.2) is 20.4 Å². The number of pyridine rings is 2. The molecular weight excluding hydrogens is 601 g/mol. The van der Waals surface area contributed by atoms with E-state index in [-0.39, 0.29) is 12.0 Å². The average Bonchev–Trinajstić information content (AvgIpc) is 3.72. The van der Waals surface area contributed by atoms with Crippen LogP contribution in [0.4, 0.5) is 11.5 Å². The van der Waals surface area contributed by atoms with E-state index in [0.29, 0.717) is 11.8 Å². The van der Waals surface area contributed by atoms with Crippen LogP contribution in [0.25, 0.3) is 38.6 Å². The third kappa shape index (κ3) is 4.67. The Bertz CT molecular complexity index is 2440. The minimum atomic E-state index is 0.180. The highest BCUT2D eigenvalue weighted by Crippen LogP contribution is 2.47. The van der Waals surface area contributed by atoms with Crippen molar-refractivity contribution < 1.29 is 4.74 Å². The molecule has 7 aromatic rings. The van der Waals surface area contributed by atoms with Crippen LogP contribution in [0.3, 0.4) is 0 Å². The van der Waals surface area contributed by atoms with Crippen molar-refractivity contribution in [1.29, 1.82) is 0 Å². The molecule has 0 bridgehead atoms. The van der Waals surface area contributed by atoms with Gasteiger partial charge in [0.25, 0.3) is 0 Å². The Morgan fingerprint density at radius 2 is 1.45 bits per heavy atom. The summed E-state index contributed by atoms with van der Waals surface area (Å²) in [4.78, 5) is 12.3. The van der Waals surface area contributed by atoms with Crippen molar-refractivity contribution in [2.75, 3.05) is 4.90 Å². The molecule has 1 aliphatic heterocycles. The standard InChI is InChI=1S/C44H38N4O/c1-27(2)32-16-10-17-33(28(3)4)42(32)41-26-46-44-38-25-31(21-22-34(38)35-14-5-8-20-40(35)48(41)44)49-30-13-9-12-29(24-30)47-39-19-7-6-15-36(39)37-18-11-23-45-43(37)47/h5-28,36,39H,1-4H3. The minimum absolute atomic E-state index is 0.180. The lowest BCUT2D eigenvalue weighted by Crippen LogP contribution is -2.28. The average molecular weight is 639 g/mol. The molecule has 0 saturated carbocycles. The molecule has 3 aromatic heterocycles. The quantitative estimate of drug-likeness (QED) is 0.170. The first-order valence-electron chi connectivity index (χ1n) is 17.3. The van der Waals surface area contributed by atoms with Crippen LogP contribution in [-0.2, 0) is 0 Å². The van der Waals surface area contributed by atoms with Crippen molar-refractivity contribution in [2.45, 2.75) is 51.5 Å². The van der Waals surface area contributed by atoms with Crippen LogP contribution in [0.1, 0.15) is 62.1 Å². The second-order valence-electron chi connectivity index (χ2n) is 13.8. The zero-order valence-electron chi connectivity index (χ0n) is 28.2. The third-order valence-electron chi connectivity index (χ3n) is 10.2.